The highest BCUT2D eigenvalue weighted by Gasteiger charge is 2.21. The first-order valence-corrected chi connectivity index (χ1v) is 8.96. The lowest BCUT2D eigenvalue weighted by Crippen LogP contribution is -2.14. The molecule has 25 heavy (non-hydrogen) atoms. The van der Waals surface area contributed by atoms with Gasteiger partial charge in [-0.05, 0) is 31.0 Å². The number of rotatable bonds is 3. The average Bonchev–Trinajstić information content (AvgIpc) is 2.96. The van der Waals surface area contributed by atoms with Gasteiger partial charge in [0.15, 0.2) is 5.88 Å². The Morgan fingerprint density at radius 2 is 1.80 bits per heavy atom. The molecule has 4 nitrogen and oxygen atoms in total. The summed E-state index contributed by atoms with van der Waals surface area (Å²) in [6.45, 7) is 0. The smallest absolute Gasteiger partial charge is 0.199 e. The molecule has 0 atom stereocenters. The van der Waals surface area contributed by atoms with E-state index in [1.165, 1.54) is 19.3 Å². The van der Waals surface area contributed by atoms with E-state index in [2.05, 4.69) is 17.1 Å². The van der Waals surface area contributed by atoms with E-state index in [0.717, 1.165) is 40.6 Å². The minimum absolute atomic E-state index is 0.152. The Morgan fingerprint density at radius 1 is 1.04 bits per heavy atom. The average molecular weight is 333 g/mol. The van der Waals surface area contributed by atoms with Gasteiger partial charge in [-0.15, -0.1) is 0 Å². The number of hydrogen-bond donors (Lipinski definition) is 3. The van der Waals surface area contributed by atoms with E-state index in [1.54, 1.807) is 0 Å². The summed E-state index contributed by atoms with van der Waals surface area (Å²) in [7, 11) is 0. The van der Waals surface area contributed by atoms with Crippen molar-refractivity contribution in [1.29, 1.82) is 0 Å². The van der Waals surface area contributed by atoms with Crippen LogP contribution in [0.1, 0.15) is 43.2 Å². The molecule has 1 saturated carbocycles. The van der Waals surface area contributed by atoms with Crippen molar-refractivity contribution in [2.75, 3.05) is 5.73 Å². The van der Waals surface area contributed by atoms with E-state index in [0.29, 0.717) is 11.7 Å². The fourth-order valence-corrected chi connectivity index (χ4v) is 3.71. The summed E-state index contributed by atoms with van der Waals surface area (Å²) in [6.07, 6.45) is 5.99. The van der Waals surface area contributed by atoms with Crippen molar-refractivity contribution in [3.05, 3.63) is 59.7 Å². The molecule has 4 rings (SSSR count). The lowest BCUT2D eigenvalue weighted by molar-refractivity contribution is 0.442. The van der Waals surface area contributed by atoms with Crippen LogP contribution in [0.2, 0.25) is 0 Å². The highest BCUT2D eigenvalue weighted by Crippen LogP contribution is 2.32. The molecule has 4 heteroatoms. The van der Waals surface area contributed by atoms with Crippen molar-refractivity contribution < 1.29 is 5.11 Å². The minimum atomic E-state index is 0.152. The molecule has 0 amide bonds. The second kappa shape index (κ2) is 6.63. The van der Waals surface area contributed by atoms with E-state index in [1.807, 2.05) is 36.4 Å². The fraction of sp³-hybridized carbons (Fsp3) is 0.286. The molecule has 0 unspecified atom stereocenters. The van der Waals surface area contributed by atoms with Crippen molar-refractivity contribution in [3.63, 3.8) is 0 Å². The third-order valence-corrected chi connectivity index (χ3v) is 4.97. The normalized spacial score (nSPS) is 16.4. The van der Waals surface area contributed by atoms with Gasteiger partial charge in [0.2, 0.25) is 0 Å². The number of hydrogen-bond acceptors (Lipinski definition) is 3. The molecule has 3 aromatic rings. The van der Waals surface area contributed by atoms with Gasteiger partial charge in [-0.25, -0.2) is 0 Å². The Kier molecular flexibility index (Phi) is 4.18. The van der Waals surface area contributed by atoms with Gasteiger partial charge in [-0.1, -0.05) is 49.6 Å². The number of nitrogens with one attached hydrogen (secondary N) is 1. The highest BCUT2D eigenvalue weighted by atomic mass is 16.3. The van der Waals surface area contributed by atoms with E-state index in [4.69, 9.17) is 10.7 Å². The third kappa shape index (κ3) is 3.12. The molecule has 1 heterocycles. The molecule has 0 spiro atoms. The fourth-order valence-electron chi connectivity index (χ4n) is 3.71. The number of aliphatic imine (C=N–C) groups is 1. The van der Waals surface area contributed by atoms with Gasteiger partial charge in [0, 0.05) is 16.6 Å². The first-order chi connectivity index (χ1) is 12.2. The lowest BCUT2D eigenvalue weighted by atomic mass is 9.94. The van der Waals surface area contributed by atoms with Gasteiger partial charge >= 0.3 is 0 Å². The predicted molar refractivity (Wildman–Crippen MR) is 103 cm³/mol. The summed E-state index contributed by atoms with van der Waals surface area (Å²) in [5.74, 6) is 0.152. The summed E-state index contributed by atoms with van der Waals surface area (Å²) in [4.78, 5) is 8.14. The second-order valence-electron chi connectivity index (χ2n) is 6.79. The largest absolute Gasteiger partial charge is 0.494 e. The zero-order valence-corrected chi connectivity index (χ0v) is 14.2. The van der Waals surface area contributed by atoms with E-state index in [9.17, 15) is 5.11 Å². The Morgan fingerprint density at radius 3 is 2.56 bits per heavy atom. The van der Waals surface area contributed by atoms with Crippen LogP contribution in [0.25, 0.3) is 10.9 Å². The van der Waals surface area contributed by atoms with Crippen molar-refractivity contribution in [3.8, 4) is 5.88 Å². The summed E-state index contributed by atoms with van der Waals surface area (Å²) < 4.78 is 0. The van der Waals surface area contributed by atoms with Crippen LogP contribution >= 0.6 is 0 Å². The number of benzene rings is 2. The molecule has 1 aromatic heterocycles. The van der Waals surface area contributed by atoms with E-state index < -0.39 is 0 Å². The standard InChI is InChI=1S/C21H23N3O/c22-15-11-12-17-18(13-15)24-21(25)19(17)20(14-7-3-1-4-8-14)23-16-9-5-2-6-10-16/h1,3-4,7-8,11-13,16,24-25H,2,5-6,9-10,22H2. The van der Waals surface area contributed by atoms with Crippen LogP contribution in [0, 0.1) is 0 Å². The molecule has 1 aliphatic carbocycles. The molecule has 0 saturated heterocycles. The number of nitrogen functional groups attached to an aromatic ring is 1. The molecule has 128 valence electrons. The van der Waals surface area contributed by atoms with Crippen molar-refractivity contribution in [2.45, 2.75) is 38.1 Å². The molecular formula is C21H23N3O. The van der Waals surface area contributed by atoms with Crippen LogP contribution in [-0.2, 0) is 0 Å². The first kappa shape index (κ1) is 15.8. The maximum Gasteiger partial charge on any atom is 0.199 e. The number of fused-ring (bicyclic) bond motifs is 1. The maximum absolute atomic E-state index is 10.6. The SMILES string of the molecule is Nc1ccc2c(C(=NC3CCCCC3)c3ccccc3)c(O)[nH]c2c1. The molecule has 1 fully saturated rings. The molecule has 0 bridgehead atoms. The first-order valence-electron chi connectivity index (χ1n) is 8.96. The van der Waals surface area contributed by atoms with E-state index >= 15 is 0 Å². The topological polar surface area (TPSA) is 74.4 Å². The highest BCUT2D eigenvalue weighted by molar-refractivity contribution is 6.21. The molecule has 0 radical (unpaired) electrons. The molecular weight excluding hydrogens is 310 g/mol. The number of aromatic amines is 1. The van der Waals surface area contributed by atoms with Gasteiger partial charge in [0.1, 0.15) is 0 Å². The zero-order valence-electron chi connectivity index (χ0n) is 14.2. The molecule has 0 aliphatic heterocycles. The zero-order chi connectivity index (χ0) is 17.2. The van der Waals surface area contributed by atoms with Crippen LogP contribution < -0.4 is 5.73 Å². The quantitative estimate of drug-likeness (QED) is 0.483. The number of aromatic hydroxyl groups is 1. The Balaban J connectivity index is 1.89. The third-order valence-electron chi connectivity index (χ3n) is 4.97. The minimum Gasteiger partial charge on any atom is -0.494 e. The maximum atomic E-state index is 10.6. The van der Waals surface area contributed by atoms with Crippen LogP contribution in [-0.4, -0.2) is 21.8 Å². The van der Waals surface area contributed by atoms with Crippen LogP contribution in [0.3, 0.4) is 0 Å². The number of aromatic nitrogens is 1. The number of anilines is 1. The summed E-state index contributed by atoms with van der Waals surface area (Å²) in [5.41, 5.74) is 10.1. The van der Waals surface area contributed by atoms with Crippen LogP contribution in [0.15, 0.2) is 53.5 Å². The molecule has 4 N–H and O–H groups in total. The molecule has 2 aromatic carbocycles. The number of nitrogens with zero attached hydrogens (tertiary/aromatic N) is 1. The Labute approximate surface area is 147 Å². The van der Waals surface area contributed by atoms with Crippen molar-refractivity contribution >= 4 is 22.3 Å². The van der Waals surface area contributed by atoms with Gasteiger partial charge in [0.05, 0.1) is 22.8 Å². The molecule has 1 aliphatic rings. The monoisotopic (exact) mass is 333 g/mol. The van der Waals surface area contributed by atoms with Gasteiger partial charge in [-0.3, -0.25) is 4.99 Å². The Bertz CT molecular complexity index is 906. The lowest BCUT2D eigenvalue weighted by Gasteiger charge is -2.19. The van der Waals surface area contributed by atoms with Crippen LogP contribution in [0.4, 0.5) is 5.69 Å². The second-order valence-corrected chi connectivity index (χ2v) is 6.79. The number of H-pyrrole nitrogens is 1. The predicted octanol–water partition coefficient (Wildman–Crippen LogP) is 4.63. The Hall–Kier alpha value is -2.75. The van der Waals surface area contributed by atoms with Gasteiger partial charge in [0.25, 0.3) is 0 Å². The van der Waals surface area contributed by atoms with Gasteiger partial charge < -0.3 is 15.8 Å². The summed E-state index contributed by atoms with van der Waals surface area (Å²) in [6, 6.07) is 16.1. The summed E-state index contributed by atoms with van der Waals surface area (Å²) in [5, 5.41) is 11.6. The van der Waals surface area contributed by atoms with Gasteiger partial charge in [-0.2, -0.15) is 0 Å². The van der Waals surface area contributed by atoms with Crippen molar-refractivity contribution in [2.24, 2.45) is 4.99 Å². The summed E-state index contributed by atoms with van der Waals surface area (Å²) >= 11 is 0. The van der Waals surface area contributed by atoms with E-state index in [-0.39, 0.29) is 5.88 Å². The van der Waals surface area contributed by atoms with Crippen LogP contribution in [0.5, 0.6) is 5.88 Å². The number of nitrogens with two attached hydrogens (primary N) is 1. The van der Waals surface area contributed by atoms with Crippen molar-refractivity contribution in [1.82, 2.24) is 4.98 Å².